The predicted molar refractivity (Wildman–Crippen MR) is 88.7 cm³/mol. The van der Waals surface area contributed by atoms with Crippen LogP contribution >= 0.6 is 0 Å². The summed E-state index contributed by atoms with van der Waals surface area (Å²) in [6.07, 6.45) is 3.34. The number of nitrogens with one attached hydrogen (secondary N) is 1. The molecular weight excluding hydrogens is 258 g/mol. The van der Waals surface area contributed by atoms with Crippen molar-refractivity contribution in [3.05, 3.63) is 65.7 Å². The summed E-state index contributed by atoms with van der Waals surface area (Å²) in [5.74, 6) is 0.978. The second-order valence-corrected chi connectivity index (χ2v) is 5.26. The lowest BCUT2D eigenvalue weighted by atomic mass is 10.1. The fraction of sp³-hybridized carbons (Fsp3) is 0.368. The standard InChI is InChI=1S/C19H25NO/c1-2-3-14-21-19-11-7-10-18(15-19)16-20-13-12-17-8-5-4-6-9-17/h4-11,15,20H,2-3,12-14,16H2,1H3. The zero-order valence-electron chi connectivity index (χ0n) is 12.8. The minimum Gasteiger partial charge on any atom is -0.494 e. The molecule has 2 nitrogen and oxygen atoms in total. The SMILES string of the molecule is CCCCOc1cccc(CNCCc2ccccc2)c1. The zero-order chi connectivity index (χ0) is 14.8. The highest BCUT2D eigenvalue weighted by Crippen LogP contribution is 2.13. The molecule has 2 heteroatoms. The van der Waals surface area contributed by atoms with Crippen molar-refractivity contribution < 1.29 is 4.74 Å². The van der Waals surface area contributed by atoms with E-state index in [1.807, 2.05) is 6.07 Å². The molecule has 0 amide bonds. The molecule has 0 atom stereocenters. The Balaban J connectivity index is 1.71. The predicted octanol–water partition coefficient (Wildman–Crippen LogP) is 4.20. The van der Waals surface area contributed by atoms with E-state index < -0.39 is 0 Å². The first-order valence-corrected chi connectivity index (χ1v) is 7.85. The van der Waals surface area contributed by atoms with Crippen LogP contribution in [0.25, 0.3) is 0 Å². The van der Waals surface area contributed by atoms with E-state index >= 15 is 0 Å². The molecule has 0 aliphatic rings. The molecule has 0 aliphatic heterocycles. The Morgan fingerprint density at radius 2 is 1.76 bits per heavy atom. The summed E-state index contributed by atoms with van der Waals surface area (Å²) in [5.41, 5.74) is 2.65. The third-order valence-corrected chi connectivity index (χ3v) is 3.43. The van der Waals surface area contributed by atoms with Gasteiger partial charge in [-0.25, -0.2) is 0 Å². The smallest absolute Gasteiger partial charge is 0.119 e. The van der Waals surface area contributed by atoms with Crippen LogP contribution in [-0.2, 0) is 13.0 Å². The first-order chi connectivity index (χ1) is 10.4. The van der Waals surface area contributed by atoms with E-state index in [0.717, 1.165) is 38.3 Å². The summed E-state index contributed by atoms with van der Waals surface area (Å²) < 4.78 is 5.73. The topological polar surface area (TPSA) is 21.3 Å². The van der Waals surface area contributed by atoms with E-state index in [9.17, 15) is 0 Å². The highest BCUT2D eigenvalue weighted by Gasteiger charge is 1.97. The first kappa shape index (κ1) is 15.6. The molecule has 0 bridgehead atoms. The van der Waals surface area contributed by atoms with Crippen LogP contribution < -0.4 is 10.1 Å². The molecule has 0 aliphatic carbocycles. The highest BCUT2D eigenvalue weighted by molar-refractivity contribution is 5.28. The van der Waals surface area contributed by atoms with Gasteiger partial charge in [0.15, 0.2) is 0 Å². The van der Waals surface area contributed by atoms with E-state index in [0.29, 0.717) is 0 Å². The fourth-order valence-corrected chi connectivity index (χ4v) is 2.19. The molecule has 1 N–H and O–H groups in total. The third kappa shape index (κ3) is 6.01. The second kappa shape index (κ2) is 9.19. The fourth-order valence-electron chi connectivity index (χ4n) is 2.19. The van der Waals surface area contributed by atoms with Crippen LogP contribution in [0.15, 0.2) is 54.6 Å². The summed E-state index contributed by atoms with van der Waals surface area (Å²) >= 11 is 0. The van der Waals surface area contributed by atoms with E-state index in [1.165, 1.54) is 17.5 Å². The second-order valence-electron chi connectivity index (χ2n) is 5.26. The van der Waals surface area contributed by atoms with Gasteiger partial charge in [0.05, 0.1) is 6.61 Å². The van der Waals surface area contributed by atoms with Gasteiger partial charge in [-0.3, -0.25) is 0 Å². The van der Waals surface area contributed by atoms with Crippen LogP contribution in [-0.4, -0.2) is 13.2 Å². The molecule has 0 spiro atoms. The van der Waals surface area contributed by atoms with E-state index in [4.69, 9.17) is 4.74 Å². The van der Waals surface area contributed by atoms with Gasteiger partial charge < -0.3 is 10.1 Å². The molecule has 2 rings (SSSR count). The van der Waals surface area contributed by atoms with Crippen molar-refractivity contribution in [3.8, 4) is 5.75 Å². The lowest BCUT2D eigenvalue weighted by Gasteiger charge is -2.09. The maximum Gasteiger partial charge on any atom is 0.119 e. The van der Waals surface area contributed by atoms with E-state index in [-0.39, 0.29) is 0 Å². The van der Waals surface area contributed by atoms with Gasteiger partial charge in [-0.1, -0.05) is 55.8 Å². The van der Waals surface area contributed by atoms with Crippen molar-refractivity contribution in [1.29, 1.82) is 0 Å². The maximum absolute atomic E-state index is 5.73. The Bertz CT molecular complexity index is 510. The Kier molecular flexibility index (Phi) is 6.82. The average Bonchev–Trinajstić information content (AvgIpc) is 2.53. The quantitative estimate of drug-likeness (QED) is 0.696. The molecule has 0 fully saturated rings. The Morgan fingerprint density at radius 1 is 0.952 bits per heavy atom. The van der Waals surface area contributed by atoms with Gasteiger partial charge in [0.1, 0.15) is 5.75 Å². The normalized spacial score (nSPS) is 10.5. The third-order valence-electron chi connectivity index (χ3n) is 3.43. The van der Waals surface area contributed by atoms with Crippen molar-refractivity contribution in [2.24, 2.45) is 0 Å². The van der Waals surface area contributed by atoms with Gasteiger partial charge in [0.25, 0.3) is 0 Å². The summed E-state index contributed by atoms with van der Waals surface area (Å²) in [7, 11) is 0. The minimum absolute atomic E-state index is 0.807. The van der Waals surface area contributed by atoms with Gasteiger partial charge in [-0.05, 0) is 42.6 Å². The molecule has 0 saturated heterocycles. The minimum atomic E-state index is 0.807. The van der Waals surface area contributed by atoms with Gasteiger partial charge in [-0.15, -0.1) is 0 Å². The van der Waals surface area contributed by atoms with Crippen LogP contribution in [0.5, 0.6) is 5.75 Å². The summed E-state index contributed by atoms with van der Waals surface area (Å²) in [6, 6.07) is 18.9. The number of ether oxygens (including phenoxy) is 1. The molecule has 0 heterocycles. The Labute approximate surface area is 128 Å². The molecule has 0 saturated carbocycles. The van der Waals surface area contributed by atoms with Crippen LogP contribution in [0.3, 0.4) is 0 Å². The van der Waals surface area contributed by atoms with Crippen LogP contribution in [0.2, 0.25) is 0 Å². The van der Waals surface area contributed by atoms with Crippen molar-refractivity contribution in [1.82, 2.24) is 5.32 Å². The molecular formula is C19H25NO. The molecule has 21 heavy (non-hydrogen) atoms. The van der Waals surface area contributed by atoms with Gasteiger partial charge in [0, 0.05) is 6.54 Å². The zero-order valence-corrected chi connectivity index (χ0v) is 12.8. The number of hydrogen-bond donors (Lipinski definition) is 1. The van der Waals surface area contributed by atoms with Gasteiger partial charge in [-0.2, -0.15) is 0 Å². The Hall–Kier alpha value is -1.80. The summed E-state index contributed by atoms with van der Waals surface area (Å²) in [5, 5.41) is 3.49. The Morgan fingerprint density at radius 3 is 2.57 bits per heavy atom. The molecule has 2 aromatic rings. The highest BCUT2D eigenvalue weighted by atomic mass is 16.5. The van der Waals surface area contributed by atoms with Crippen LogP contribution in [0, 0.1) is 0 Å². The van der Waals surface area contributed by atoms with Crippen LogP contribution in [0.4, 0.5) is 0 Å². The number of benzene rings is 2. The maximum atomic E-state index is 5.73. The van der Waals surface area contributed by atoms with Gasteiger partial charge in [0.2, 0.25) is 0 Å². The molecule has 112 valence electrons. The molecule has 0 aromatic heterocycles. The molecule has 0 unspecified atom stereocenters. The lowest BCUT2D eigenvalue weighted by molar-refractivity contribution is 0.309. The van der Waals surface area contributed by atoms with Crippen molar-refractivity contribution >= 4 is 0 Å². The monoisotopic (exact) mass is 283 g/mol. The number of hydrogen-bond acceptors (Lipinski definition) is 2. The van der Waals surface area contributed by atoms with Crippen molar-refractivity contribution in [2.45, 2.75) is 32.7 Å². The molecule has 2 aromatic carbocycles. The van der Waals surface area contributed by atoms with Crippen LogP contribution in [0.1, 0.15) is 30.9 Å². The summed E-state index contributed by atoms with van der Waals surface area (Å²) in [6.45, 7) is 4.86. The average molecular weight is 283 g/mol. The van der Waals surface area contributed by atoms with E-state index in [1.54, 1.807) is 0 Å². The lowest BCUT2D eigenvalue weighted by Crippen LogP contribution is -2.16. The number of unbranched alkanes of at least 4 members (excludes halogenated alkanes) is 1. The largest absolute Gasteiger partial charge is 0.494 e. The van der Waals surface area contributed by atoms with E-state index in [2.05, 4.69) is 60.8 Å². The van der Waals surface area contributed by atoms with Gasteiger partial charge >= 0.3 is 0 Å². The summed E-state index contributed by atoms with van der Waals surface area (Å²) in [4.78, 5) is 0. The first-order valence-electron chi connectivity index (χ1n) is 7.85. The molecule has 0 radical (unpaired) electrons. The number of rotatable bonds is 9. The van der Waals surface area contributed by atoms with Crippen molar-refractivity contribution in [3.63, 3.8) is 0 Å². The van der Waals surface area contributed by atoms with Crippen molar-refractivity contribution in [2.75, 3.05) is 13.2 Å².